The number of carbonyl (C=O) groups excluding carboxylic acids is 1. The van der Waals surface area contributed by atoms with Crippen LogP contribution < -0.4 is 10.6 Å². The molecule has 1 saturated heterocycles. The Balaban J connectivity index is 1.67. The Hall–Kier alpha value is -3.43. The number of hydrogen-bond donors (Lipinski definition) is 3. The Morgan fingerprint density at radius 3 is 2.50 bits per heavy atom. The van der Waals surface area contributed by atoms with Crippen LogP contribution in [0.5, 0.6) is 0 Å². The van der Waals surface area contributed by atoms with Gasteiger partial charge in [-0.15, -0.1) is 0 Å². The summed E-state index contributed by atoms with van der Waals surface area (Å²) in [5, 5.41) is 15.5. The van der Waals surface area contributed by atoms with Crippen molar-refractivity contribution >= 4 is 23.5 Å². The van der Waals surface area contributed by atoms with Crippen molar-refractivity contribution in [3.8, 4) is 0 Å². The van der Waals surface area contributed by atoms with Crippen LogP contribution in [0.1, 0.15) is 21.5 Å². The number of anilines is 1. The van der Waals surface area contributed by atoms with Crippen LogP contribution in [0.3, 0.4) is 0 Å². The zero-order valence-electron chi connectivity index (χ0n) is 19.8. The highest BCUT2D eigenvalue weighted by Crippen LogP contribution is 2.14. The third-order valence-electron chi connectivity index (χ3n) is 5.57. The number of rotatable bonds is 9. The monoisotopic (exact) mass is 467 g/mol. The van der Waals surface area contributed by atoms with Crippen molar-refractivity contribution in [1.82, 2.24) is 15.1 Å². The van der Waals surface area contributed by atoms with Gasteiger partial charge in [0.05, 0.1) is 25.3 Å². The van der Waals surface area contributed by atoms with E-state index in [2.05, 4.69) is 44.7 Å². The smallest absolute Gasteiger partial charge is 0.335 e. The Labute approximate surface area is 200 Å². The second kappa shape index (κ2) is 12.7. The maximum atomic E-state index is 12.1. The van der Waals surface area contributed by atoms with Gasteiger partial charge in [0.1, 0.15) is 0 Å². The summed E-state index contributed by atoms with van der Waals surface area (Å²) < 4.78 is 4.96. The van der Waals surface area contributed by atoms with E-state index in [1.165, 1.54) is 5.56 Å². The molecule has 34 heavy (non-hydrogen) atoms. The van der Waals surface area contributed by atoms with Crippen molar-refractivity contribution in [2.75, 3.05) is 58.3 Å². The average molecular weight is 468 g/mol. The van der Waals surface area contributed by atoms with E-state index in [0.717, 1.165) is 18.7 Å². The van der Waals surface area contributed by atoms with Gasteiger partial charge in [-0.1, -0.05) is 35.9 Å². The number of carboxylic acid groups (broad SMARTS) is 1. The predicted molar refractivity (Wildman–Crippen MR) is 132 cm³/mol. The number of aromatic carboxylic acids is 1. The van der Waals surface area contributed by atoms with Crippen LogP contribution in [0.2, 0.25) is 0 Å². The molecule has 1 heterocycles. The number of guanidine groups is 1. The van der Waals surface area contributed by atoms with Gasteiger partial charge in [0, 0.05) is 45.5 Å². The van der Waals surface area contributed by atoms with Gasteiger partial charge in [0.25, 0.3) is 0 Å². The molecule has 0 atom stereocenters. The number of aliphatic imine (C=N–C) groups is 1. The lowest BCUT2D eigenvalue weighted by atomic mass is 10.1. The van der Waals surface area contributed by atoms with E-state index in [-0.39, 0.29) is 11.5 Å². The number of amides is 1. The number of piperazine rings is 1. The fraction of sp³-hybridized carbons (Fsp3) is 0.400. The van der Waals surface area contributed by atoms with Gasteiger partial charge in [-0.3, -0.25) is 9.69 Å². The minimum atomic E-state index is -0.973. The van der Waals surface area contributed by atoms with Gasteiger partial charge >= 0.3 is 5.97 Å². The second-order valence-electron chi connectivity index (χ2n) is 8.24. The lowest BCUT2D eigenvalue weighted by molar-refractivity contribution is -0.122. The quantitative estimate of drug-likeness (QED) is 0.294. The highest BCUT2D eigenvalue weighted by molar-refractivity contribution is 5.95. The molecule has 2 aromatic carbocycles. The number of hydrogen-bond acceptors (Lipinski definition) is 5. The summed E-state index contributed by atoms with van der Waals surface area (Å²) in [6.07, 6.45) is 0. The van der Waals surface area contributed by atoms with Crippen molar-refractivity contribution in [2.24, 2.45) is 4.99 Å². The fourth-order valence-electron chi connectivity index (χ4n) is 3.61. The lowest BCUT2D eigenvalue weighted by Gasteiger charge is -2.36. The number of ether oxygens (including phenoxy) is 1. The Morgan fingerprint density at radius 2 is 1.82 bits per heavy atom. The maximum Gasteiger partial charge on any atom is 0.335 e. The van der Waals surface area contributed by atoms with Gasteiger partial charge in [-0.05, 0) is 30.7 Å². The normalized spacial score (nSPS) is 14.6. The van der Waals surface area contributed by atoms with E-state index in [9.17, 15) is 14.7 Å². The van der Waals surface area contributed by atoms with Crippen LogP contribution in [-0.2, 0) is 16.1 Å². The Kier molecular flexibility index (Phi) is 9.42. The van der Waals surface area contributed by atoms with Crippen molar-refractivity contribution in [1.29, 1.82) is 0 Å². The number of nitrogens with one attached hydrogen (secondary N) is 2. The van der Waals surface area contributed by atoms with Crippen molar-refractivity contribution in [3.05, 3.63) is 65.2 Å². The summed E-state index contributed by atoms with van der Waals surface area (Å²) in [4.78, 5) is 32.6. The van der Waals surface area contributed by atoms with Crippen LogP contribution in [0.4, 0.5) is 5.69 Å². The molecular formula is C25H33N5O4. The maximum absolute atomic E-state index is 12.1. The third kappa shape index (κ3) is 7.86. The molecule has 3 N–H and O–H groups in total. The summed E-state index contributed by atoms with van der Waals surface area (Å²) in [5.74, 6) is -0.297. The number of carboxylic acids is 1. The summed E-state index contributed by atoms with van der Waals surface area (Å²) >= 11 is 0. The fourth-order valence-corrected chi connectivity index (χ4v) is 3.61. The van der Waals surface area contributed by atoms with E-state index in [0.29, 0.717) is 51.0 Å². The molecule has 9 nitrogen and oxygen atoms in total. The molecule has 0 unspecified atom stereocenters. The van der Waals surface area contributed by atoms with Gasteiger partial charge in [0.2, 0.25) is 5.91 Å². The zero-order chi connectivity index (χ0) is 24.3. The number of benzene rings is 2. The molecule has 0 aromatic heterocycles. The molecule has 0 radical (unpaired) electrons. The largest absolute Gasteiger partial charge is 0.478 e. The summed E-state index contributed by atoms with van der Waals surface area (Å²) in [6, 6.07) is 14.9. The molecule has 1 amide bonds. The molecule has 1 aliphatic heterocycles. The molecule has 9 heteroatoms. The minimum Gasteiger partial charge on any atom is -0.478 e. The molecule has 0 bridgehead atoms. The zero-order valence-corrected chi connectivity index (χ0v) is 19.8. The molecule has 1 fully saturated rings. The Bertz CT molecular complexity index is 985. The van der Waals surface area contributed by atoms with Crippen molar-refractivity contribution in [3.63, 3.8) is 0 Å². The van der Waals surface area contributed by atoms with E-state index >= 15 is 0 Å². The molecular weight excluding hydrogens is 434 g/mol. The molecule has 2 aromatic rings. The van der Waals surface area contributed by atoms with Crippen LogP contribution in [0, 0.1) is 6.92 Å². The molecule has 0 aliphatic carbocycles. The first-order valence-corrected chi connectivity index (χ1v) is 11.4. The van der Waals surface area contributed by atoms with Crippen LogP contribution in [-0.4, -0.2) is 85.7 Å². The number of nitrogens with zero attached hydrogens (tertiary/aromatic N) is 3. The van der Waals surface area contributed by atoms with Crippen LogP contribution >= 0.6 is 0 Å². The van der Waals surface area contributed by atoms with Crippen LogP contribution in [0.15, 0.2) is 53.5 Å². The van der Waals surface area contributed by atoms with E-state index in [1.54, 1.807) is 25.3 Å². The molecule has 0 saturated carbocycles. The molecule has 1 aliphatic rings. The van der Waals surface area contributed by atoms with Gasteiger partial charge in [-0.2, -0.15) is 0 Å². The number of carbonyl (C=O) groups is 2. The third-order valence-corrected chi connectivity index (χ3v) is 5.57. The Morgan fingerprint density at radius 1 is 1.09 bits per heavy atom. The predicted octanol–water partition coefficient (Wildman–Crippen LogP) is 2.04. The minimum absolute atomic E-state index is 0.0117. The van der Waals surface area contributed by atoms with Gasteiger partial charge in [0.15, 0.2) is 5.96 Å². The van der Waals surface area contributed by atoms with Crippen molar-refractivity contribution < 1.29 is 19.4 Å². The standard InChI is InChI=1S/C25H33N5O4/c1-19-6-8-20(9-7-19)17-27-25(28-22-5-3-4-21(16-22)24(32)33)30-13-11-29(12-14-30)18-23(31)26-10-15-34-2/h3-9,16H,10-15,17-18H2,1-2H3,(H,26,31)(H,27,28)(H,32,33). The highest BCUT2D eigenvalue weighted by atomic mass is 16.5. The number of aryl methyl sites for hydroxylation is 1. The lowest BCUT2D eigenvalue weighted by Crippen LogP contribution is -2.52. The van der Waals surface area contributed by atoms with Gasteiger partial charge in [-0.25, -0.2) is 9.79 Å². The highest BCUT2D eigenvalue weighted by Gasteiger charge is 2.21. The van der Waals surface area contributed by atoms with E-state index in [1.807, 2.05) is 13.0 Å². The van der Waals surface area contributed by atoms with E-state index in [4.69, 9.17) is 9.73 Å². The second-order valence-corrected chi connectivity index (χ2v) is 8.24. The molecule has 3 rings (SSSR count). The first-order chi connectivity index (χ1) is 16.4. The summed E-state index contributed by atoms with van der Waals surface area (Å²) in [6.45, 7) is 6.74. The topological polar surface area (TPSA) is 107 Å². The van der Waals surface area contributed by atoms with E-state index < -0.39 is 5.97 Å². The number of methoxy groups -OCH3 is 1. The van der Waals surface area contributed by atoms with Crippen LogP contribution in [0.25, 0.3) is 0 Å². The molecule has 0 spiro atoms. The summed E-state index contributed by atoms with van der Waals surface area (Å²) in [7, 11) is 1.61. The first-order valence-electron chi connectivity index (χ1n) is 11.4. The molecule has 182 valence electrons. The average Bonchev–Trinajstić information content (AvgIpc) is 2.83. The van der Waals surface area contributed by atoms with Crippen molar-refractivity contribution in [2.45, 2.75) is 13.5 Å². The SMILES string of the molecule is COCCNC(=O)CN1CCN(C(=NCc2ccc(C)cc2)Nc2cccc(C(=O)O)c2)CC1. The first kappa shape index (κ1) is 25.2. The van der Waals surface area contributed by atoms with Gasteiger partial charge < -0.3 is 25.4 Å². The summed E-state index contributed by atoms with van der Waals surface area (Å²) in [5.41, 5.74) is 3.17.